The van der Waals surface area contributed by atoms with E-state index < -0.39 is 8.07 Å². The molecule has 84 valence electrons. The Bertz CT molecular complexity index is 356. The van der Waals surface area contributed by atoms with Crippen LogP contribution in [0.2, 0.25) is 19.6 Å². The largest absolute Gasteiger partial charge is 0.0776 e. The molecule has 1 aromatic carbocycles. The number of rotatable bonds is 2. The van der Waals surface area contributed by atoms with Crippen LogP contribution < -0.4 is 5.19 Å². The Labute approximate surface area is 95.7 Å². The minimum absolute atomic E-state index is 0.639. The van der Waals surface area contributed by atoms with Crippen LogP contribution in [-0.4, -0.2) is 8.07 Å². The Hall–Kier alpha value is -0.563. The lowest BCUT2D eigenvalue weighted by Crippen LogP contribution is -2.38. The van der Waals surface area contributed by atoms with Crippen LogP contribution in [0, 0.1) is 13.8 Å². The SMILES string of the molecule is Cc1cc([Si](C)(C)C)cc(C(C)C)c1C. The van der Waals surface area contributed by atoms with E-state index in [1.165, 1.54) is 16.7 Å². The summed E-state index contributed by atoms with van der Waals surface area (Å²) in [6.45, 7) is 16.3. The van der Waals surface area contributed by atoms with Crippen molar-refractivity contribution < 1.29 is 0 Å². The zero-order valence-corrected chi connectivity index (χ0v) is 12.2. The molecule has 0 heterocycles. The topological polar surface area (TPSA) is 0 Å². The second kappa shape index (κ2) is 4.13. The highest BCUT2D eigenvalue weighted by atomic mass is 28.3. The molecule has 0 aromatic heterocycles. The zero-order valence-electron chi connectivity index (χ0n) is 11.2. The molecule has 0 fully saturated rings. The highest BCUT2D eigenvalue weighted by Crippen LogP contribution is 2.21. The summed E-state index contributed by atoms with van der Waals surface area (Å²) in [6.07, 6.45) is 0. The van der Waals surface area contributed by atoms with Crippen molar-refractivity contribution in [2.75, 3.05) is 0 Å². The molecule has 1 heteroatoms. The molecule has 0 saturated heterocycles. The second-order valence-electron chi connectivity index (χ2n) is 5.91. The Balaban J connectivity index is 3.36. The van der Waals surface area contributed by atoms with E-state index in [1.807, 2.05) is 0 Å². The van der Waals surface area contributed by atoms with Gasteiger partial charge in [-0.2, -0.15) is 0 Å². The summed E-state index contributed by atoms with van der Waals surface area (Å²) < 4.78 is 0. The molecule has 0 bridgehead atoms. The average Bonchev–Trinajstić information content (AvgIpc) is 2.06. The molecule has 0 aliphatic heterocycles. The lowest BCUT2D eigenvalue weighted by Gasteiger charge is -2.22. The van der Waals surface area contributed by atoms with E-state index >= 15 is 0 Å². The zero-order chi connectivity index (χ0) is 11.8. The van der Waals surface area contributed by atoms with Gasteiger partial charge in [0.05, 0.1) is 8.07 Å². The van der Waals surface area contributed by atoms with Crippen LogP contribution in [-0.2, 0) is 0 Å². The van der Waals surface area contributed by atoms with E-state index in [-0.39, 0.29) is 0 Å². The molecular formula is C14H24Si. The molecular weight excluding hydrogens is 196 g/mol. The first-order valence-corrected chi connectivity index (χ1v) is 9.35. The van der Waals surface area contributed by atoms with Gasteiger partial charge >= 0.3 is 0 Å². The Kier molecular flexibility index (Phi) is 3.44. The molecule has 0 amide bonds. The maximum absolute atomic E-state index is 2.44. The predicted octanol–water partition coefficient (Wildman–Crippen LogP) is 3.97. The van der Waals surface area contributed by atoms with Crippen LogP contribution in [0.4, 0.5) is 0 Å². The van der Waals surface area contributed by atoms with Crippen LogP contribution in [0.1, 0.15) is 36.5 Å². The summed E-state index contributed by atoms with van der Waals surface area (Å²) in [4.78, 5) is 0. The van der Waals surface area contributed by atoms with Gasteiger partial charge in [-0.25, -0.2) is 0 Å². The minimum Gasteiger partial charge on any atom is -0.0656 e. The molecule has 0 aliphatic carbocycles. The predicted molar refractivity (Wildman–Crippen MR) is 73.0 cm³/mol. The minimum atomic E-state index is -1.16. The van der Waals surface area contributed by atoms with Gasteiger partial charge in [-0.15, -0.1) is 0 Å². The Morgan fingerprint density at radius 2 is 1.53 bits per heavy atom. The van der Waals surface area contributed by atoms with Gasteiger partial charge in [-0.05, 0) is 36.5 Å². The van der Waals surface area contributed by atoms with Crippen LogP contribution in [0.15, 0.2) is 12.1 Å². The lowest BCUT2D eigenvalue weighted by molar-refractivity contribution is 0.855. The number of hydrogen-bond acceptors (Lipinski definition) is 0. The molecule has 1 rings (SSSR count). The second-order valence-corrected chi connectivity index (χ2v) is 11.0. The summed E-state index contributed by atoms with van der Waals surface area (Å²) in [5.41, 5.74) is 4.47. The molecule has 0 aliphatic rings. The summed E-state index contributed by atoms with van der Waals surface area (Å²) in [5, 5.41) is 1.59. The fraction of sp³-hybridized carbons (Fsp3) is 0.571. The number of aryl methyl sites for hydroxylation is 1. The van der Waals surface area contributed by atoms with Gasteiger partial charge in [-0.1, -0.05) is 50.8 Å². The highest BCUT2D eigenvalue weighted by molar-refractivity contribution is 6.88. The van der Waals surface area contributed by atoms with Crippen molar-refractivity contribution in [2.45, 2.75) is 53.3 Å². The summed E-state index contributed by atoms with van der Waals surface area (Å²) in [7, 11) is -1.16. The Morgan fingerprint density at radius 3 is 1.93 bits per heavy atom. The quantitative estimate of drug-likeness (QED) is 0.662. The maximum atomic E-state index is 2.44. The van der Waals surface area contributed by atoms with Crippen molar-refractivity contribution in [3.63, 3.8) is 0 Å². The smallest absolute Gasteiger partial charge is 0.0656 e. The summed E-state index contributed by atoms with van der Waals surface area (Å²) in [5.74, 6) is 0.639. The molecule has 15 heavy (non-hydrogen) atoms. The first-order valence-electron chi connectivity index (χ1n) is 5.85. The average molecular weight is 220 g/mol. The molecule has 0 atom stereocenters. The van der Waals surface area contributed by atoms with Crippen LogP contribution in [0.25, 0.3) is 0 Å². The van der Waals surface area contributed by atoms with Crippen LogP contribution in [0.5, 0.6) is 0 Å². The molecule has 0 radical (unpaired) electrons. The van der Waals surface area contributed by atoms with E-state index in [0.29, 0.717) is 5.92 Å². The van der Waals surface area contributed by atoms with Gasteiger partial charge < -0.3 is 0 Å². The Morgan fingerprint density at radius 1 is 1.00 bits per heavy atom. The first-order chi connectivity index (χ1) is 6.73. The van der Waals surface area contributed by atoms with Gasteiger partial charge in [-0.3, -0.25) is 0 Å². The normalized spacial score (nSPS) is 12.3. The number of hydrogen-bond donors (Lipinski definition) is 0. The third-order valence-electron chi connectivity index (χ3n) is 3.20. The van der Waals surface area contributed by atoms with Crippen molar-refractivity contribution in [1.29, 1.82) is 0 Å². The maximum Gasteiger partial charge on any atom is 0.0776 e. The summed E-state index contributed by atoms with van der Waals surface area (Å²) in [6, 6.07) is 4.84. The molecule has 0 nitrogen and oxygen atoms in total. The third kappa shape index (κ3) is 2.72. The molecule has 0 unspecified atom stereocenters. The molecule has 0 saturated carbocycles. The summed E-state index contributed by atoms with van der Waals surface area (Å²) >= 11 is 0. The van der Waals surface area contributed by atoms with Gasteiger partial charge in [0.15, 0.2) is 0 Å². The number of benzene rings is 1. The van der Waals surface area contributed by atoms with E-state index in [0.717, 1.165) is 0 Å². The first kappa shape index (κ1) is 12.5. The van der Waals surface area contributed by atoms with Crippen molar-refractivity contribution in [3.8, 4) is 0 Å². The van der Waals surface area contributed by atoms with Crippen molar-refractivity contribution >= 4 is 13.3 Å². The van der Waals surface area contributed by atoms with Crippen molar-refractivity contribution in [2.24, 2.45) is 0 Å². The van der Waals surface area contributed by atoms with E-state index in [4.69, 9.17) is 0 Å². The standard InChI is InChI=1S/C14H24Si/c1-10(2)14-9-13(15(5,6)7)8-11(3)12(14)4/h8-10H,1-7H3. The van der Waals surface area contributed by atoms with E-state index in [9.17, 15) is 0 Å². The van der Waals surface area contributed by atoms with Crippen molar-refractivity contribution in [1.82, 2.24) is 0 Å². The monoisotopic (exact) mass is 220 g/mol. The van der Waals surface area contributed by atoms with E-state index in [2.05, 4.69) is 59.5 Å². The van der Waals surface area contributed by atoms with Crippen LogP contribution in [0.3, 0.4) is 0 Å². The molecule has 0 spiro atoms. The third-order valence-corrected chi connectivity index (χ3v) is 5.22. The highest BCUT2D eigenvalue weighted by Gasteiger charge is 2.19. The fourth-order valence-corrected chi connectivity index (χ4v) is 3.16. The molecule has 0 N–H and O–H groups in total. The lowest BCUT2D eigenvalue weighted by atomic mass is 9.95. The van der Waals surface area contributed by atoms with Gasteiger partial charge in [0, 0.05) is 0 Å². The van der Waals surface area contributed by atoms with Gasteiger partial charge in [0.25, 0.3) is 0 Å². The van der Waals surface area contributed by atoms with Gasteiger partial charge in [0.2, 0.25) is 0 Å². The molecule has 1 aromatic rings. The van der Waals surface area contributed by atoms with Crippen LogP contribution >= 0.6 is 0 Å². The van der Waals surface area contributed by atoms with E-state index in [1.54, 1.807) is 5.19 Å². The fourth-order valence-electron chi connectivity index (χ4n) is 1.92. The van der Waals surface area contributed by atoms with Gasteiger partial charge in [0.1, 0.15) is 0 Å². The van der Waals surface area contributed by atoms with Crippen molar-refractivity contribution in [3.05, 3.63) is 28.8 Å².